The Kier molecular flexibility index (Phi) is 8.89. The van der Waals surface area contributed by atoms with Crippen molar-refractivity contribution in [3.8, 4) is 0 Å². The highest BCUT2D eigenvalue weighted by molar-refractivity contribution is 6.35. The van der Waals surface area contributed by atoms with E-state index in [-0.39, 0.29) is 23.7 Å². The Hall–Kier alpha value is -2.35. The highest BCUT2D eigenvalue weighted by Crippen LogP contribution is 2.25. The van der Waals surface area contributed by atoms with Gasteiger partial charge in [0.1, 0.15) is 5.82 Å². The molecule has 1 N–H and O–H groups in total. The molecule has 0 fully saturated rings. The fraction of sp³-hybridized carbons (Fsp3) is 0.250. The highest BCUT2D eigenvalue weighted by atomic mass is 35.5. The molecular weight excluding hydrogens is 458 g/mol. The maximum absolute atomic E-state index is 13.1. The van der Waals surface area contributed by atoms with Crippen molar-refractivity contribution in [2.75, 3.05) is 25.0 Å². The molecule has 2 amide bonds. The van der Waals surface area contributed by atoms with Crippen LogP contribution in [0.25, 0.3) is 0 Å². The molecule has 0 aliphatic carbocycles. The summed E-state index contributed by atoms with van der Waals surface area (Å²) >= 11 is 17.7. The molecule has 6 nitrogen and oxygen atoms in total. The lowest BCUT2D eigenvalue weighted by Crippen LogP contribution is -2.40. The van der Waals surface area contributed by atoms with Crippen LogP contribution in [0.1, 0.15) is 23.7 Å². The molecule has 0 bridgehead atoms. The van der Waals surface area contributed by atoms with Gasteiger partial charge in [-0.2, -0.15) is 0 Å². The Morgan fingerprint density at radius 3 is 2.47 bits per heavy atom. The maximum atomic E-state index is 13.1. The third kappa shape index (κ3) is 6.86. The molecule has 10 heteroatoms. The van der Waals surface area contributed by atoms with Crippen LogP contribution in [0.3, 0.4) is 0 Å². The van der Waals surface area contributed by atoms with Crippen LogP contribution >= 0.6 is 34.8 Å². The van der Waals surface area contributed by atoms with Gasteiger partial charge in [0.2, 0.25) is 5.91 Å². The number of nitrogens with zero attached hydrogens (tertiary/aromatic N) is 1. The molecule has 0 aliphatic heterocycles. The number of rotatable bonds is 8. The average Bonchev–Trinajstić information content (AvgIpc) is 2.68. The van der Waals surface area contributed by atoms with Crippen LogP contribution in [-0.2, 0) is 14.3 Å². The van der Waals surface area contributed by atoms with E-state index in [1.54, 1.807) is 6.07 Å². The molecule has 0 atom stereocenters. The quantitative estimate of drug-likeness (QED) is 0.555. The van der Waals surface area contributed by atoms with Crippen LogP contribution in [-0.4, -0.2) is 42.4 Å². The highest BCUT2D eigenvalue weighted by Gasteiger charge is 2.20. The second-order valence-electron chi connectivity index (χ2n) is 6.19. The van der Waals surface area contributed by atoms with Crippen molar-refractivity contribution in [1.29, 1.82) is 0 Å². The van der Waals surface area contributed by atoms with E-state index in [1.165, 1.54) is 17.0 Å². The minimum absolute atomic E-state index is 0.0683. The van der Waals surface area contributed by atoms with Crippen LogP contribution < -0.4 is 5.32 Å². The molecule has 0 aliphatic rings. The van der Waals surface area contributed by atoms with Crippen molar-refractivity contribution in [2.45, 2.75) is 13.3 Å². The Bertz CT molecular complexity index is 956. The Labute approximate surface area is 187 Å². The third-order valence-electron chi connectivity index (χ3n) is 3.86. The smallest absolute Gasteiger partial charge is 0.340 e. The van der Waals surface area contributed by atoms with Crippen LogP contribution in [0.4, 0.5) is 10.1 Å². The van der Waals surface area contributed by atoms with Gasteiger partial charge in [-0.3, -0.25) is 9.59 Å². The molecule has 0 aromatic heterocycles. The predicted octanol–water partition coefficient (Wildman–Crippen LogP) is 4.82. The molecule has 0 saturated heterocycles. The SMILES string of the molecule is CCCN(CC(=O)Nc1cc(Cl)ccc1Cl)C(=O)COC(=O)c1ccc(F)cc1Cl. The number of nitrogens with one attached hydrogen (secondary N) is 1. The van der Waals surface area contributed by atoms with Gasteiger partial charge in [0.05, 0.1) is 27.8 Å². The lowest BCUT2D eigenvalue weighted by molar-refractivity contribution is -0.137. The zero-order chi connectivity index (χ0) is 22.3. The van der Waals surface area contributed by atoms with Crippen LogP contribution in [0.5, 0.6) is 0 Å². The van der Waals surface area contributed by atoms with Gasteiger partial charge >= 0.3 is 5.97 Å². The Morgan fingerprint density at radius 2 is 1.80 bits per heavy atom. The molecule has 2 rings (SSSR count). The number of ether oxygens (including phenoxy) is 1. The van der Waals surface area contributed by atoms with Crippen molar-refractivity contribution in [2.24, 2.45) is 0 Å². The van der Waals surface area contributed by atoms with Crippen LogP contribution in [0.2, 0.25) is 15.1 Å². The zero-order valence-corrected chi connectivity index (χ0v) is 18.2. The standard InChI is InChI=1S/C20H18Cl3FN2O4/c1-2-7-26(10-18(27)25-17-8-12(21)3-6-15(17)22)19(28)11-30-20(29)14-5-4-13(24)9-16(14)23/h3-6,8-9H,2,7,10-11H2,1H3,(H,25,27). The van der Waals surface area contributed by atoms with E-state index in [0.717, 1.165) is 18.2 Å². The lowest BCUT2D eigenvalue weighted by atomic mass is 10.2. The van der Waals surface area contributed by atoms with Gasteiger partial charge in [-0.15, -0.1) is 0 Å². The molecule has 30 heavy (non-hydrogen) atoms. The molecule has 0 spiro atoms. The maximum Gasteiger partial charge on any atom is 0.340 e. The van der Waals surface area contributed by atoms with E-state index in [1.807, 2.05) is 6.92 Å². The molecule has 0 saturated carbocycles. The van der Waals surface area contributed by atoms with Crippen LogP contribution in [0.15, 0.2) is 36.4 Å². The molecule has 160 valence electrons. The summed E-state index contributed by atoms with van der Waals surface area (Å²) in [5, 5.41) is 3.15. The molecule has 2 aromatic rings. The van der Waals surface area contributed by atoms with E-state index in [0.29, 0.717) is 22.2 Å². The van der Waals surface area contributed by atoms with Crippen molar-refractivity contribution < 1.29 is 23.5 Å². The predicted molar refractivity (Wildman–Crippen MR) is 114 cm³/mol. The van der Waals surface area contributed by atoms with E-state index in [4.69, 9.17) is 39.5 Å². The van der Waals surface area contributed by atoms with E-state index in [2.05, 4.69) is 5.32 Å². The van der Waals surface area contributed by atoms with Crippen LogP contribution in [0, 0.1) is 5.82 Å². The largest absolute Gasteiger partial charge is 0.452 e. The van der Waals surface area contributed by atoms with Gasteiger partial charge in [-0.1, -0.05) is 41.7 Å². The number of amides is 2. The fourth-order valence-corrected chi connectivity index (χ4v) is 3.05. The van der Waals surface area contributed by atoms with Gasteiger partial charge in [-0.25, -0.2) is 9.18 Å². The van der Waals surface area contributed by atoms with Gasteiger partial charge < -0.3 is 15.0 Å². The molecule has 0 unspecified atom stereocenters. The van der Waals surface area contributed by atoms with E-state index < -0.39 is 30.2 Å². The summed E-state index contributed by atoms with van der Waals surface area (Å²) in [6.45, 7) is 1.23. The number of carbonyl (C=O) groups excluding carboxylic acids is 3. The molecule has 2 aromatic carbocycles. The number of carbonyl (C=O) groups is 3. The summed E-state index contributed by atoms with van der Waals surface area (Å²) in [6.07, 6.45) is 0.578. The molecule has 0 heterocycles. The van der Waals surface area contributed by atoms with Gasteiger partial charge in [-0.05, 0) is 42.8 Å². The second-order valence-corrected chi connectivity index (χ2v) is 7.44. The van der Waals surface area contributed by atoms with Crippen molar-refractivity contribution in [3.05, 3.63) is 62.8 Å². The summed E-state index contributed by atoms with van der Waals surface area (Å²) in [4.78, 5) is 38.1. The summed E-state index contributed by atoms with van der Waals surface area (Å²) in [5.74, 6) is -2.54. The Morgan fingerprint density at radius 1 is 1.07 bits per heavy atom. The summed E-state index contributed by atoms with van der Waals surface area (Å²) in [7, 11) is 0. The number of anilines is 1. The molecular formula is C20H18Cl3FN2O4. The normalized spacial score (nSPS) is 10.4. The van der Waals surface area contributed by atoms with E-state index >= 15 is 0 Å². The summed E-state index contributed by atoms with van der Waals surface area (Å²) in [5.41, 5.74) is 0.247. The number of halogens is 4. The fourth-order valence-electron chi connectivity index (χ4n) is 2.47. The number of hydrogen-bond acceptors (Lipinski definition) is 4. The summed E-state index contributed by atoms with van der Waals surface area (Å²) in [6, 6.07) is 7.79. The van der Waals surface area contributed by atoms with Gasteiger partial charge in [0, 0.05) is 11.6 Å². The first kappa shape index (κ1) is 23.9. The monoisotopic (exact) mass is 474 g/mol. The number of benzene rings is 2. The second kappa shape index (κ2) is 11.2. The minimum atomic E-state index is -0.875. The van der Waals surface area contributed by atoms with Gasteiger partial charge in [0.15, 0.2) is 6.61 Å². The molecule has 0 radical (unpaired) electrons. The summed E-state index contributed by atoms with van der Waals surface area (Å²) < 4.78 is 18.1. The lowest BCUT2D eigenvalue weighted by Gasteiger charge is -2.21. The average molecular weight is 476 g/mol. The van der Waals surface area contributed by atoms with Crippen molar-refractivity contribution in [3.63, 3.8) is 0 Å². The number of esters is 1. The van der Waals surface area contributed by atoms with Gasteiger partial charge in [0.25, 0.3) is 5.91 Å². The van der Waals surface area contributed by atoms with Crippen molar-refractivity contribution >= 4 is 58.3 Å². The minimum Gasteiger partial charge on any atom is -0.452 e. The third-order valence-corrected chi connectivity index (χ3v) is 4.74. The first-order valence-corrected chi connectivity index (χ1v) is 9.99. The zero-order valence-electron chi connectivity index (χ0n) is 15.9. The Balaban J connectivity index is 1.97. The topological polar surface area (TPSA) is 75.7 Å². The number of hydrogen-bond donors (Lipinski definition) is 1. The first-order valence-electron chi connectivity index (χ1n) is 8.86. The van der Waals surface area contributed by atoms with E-state index in [9.17, 15) is 18.8 Å². The van der Waals surface area contributed by atoms with Crippen molar-refractivity contribution in [1.82, 2.24) is 4.90 Å². The first-order chi connectivity index (χ1) is 14.2.